The fourth-order valence-electron chi connectivity index (χ4n) is 1.88. The largest absolute Gasteiger partial charge is 0.489 e. The maximum absolute atomic E-state index is 5.73. The van der Waals surface area contributed by atoms with Crippen molar-refractivity contribution >= 4 is 0 Å². The number of hydrogen-bond donors (Lipinski definition) is 0. The van der Waals surface area contributed by atoms with Gasteiger partial charge in [0.05, 0.1) is 5.69 Å². The molecule has 20 heavy (non-hydrogen) atoms. The predicted octanol–water partition coefficient (Wildman–Crippen LogP) is 4.03. The van der Waals surface area contributed by atoms with Crippen LogP contribution in [0.4, 0.5) is 0 Å². The van der Waals surface area contributed by atoms with Gasteiger partial charge < -0.3 is 9.15 Å². The molecule has 3 nitrogen and oxygen atoms in total. The van der Waals surface area contributed by atoms with Gasteiger partial charge in [0.15, 0.2) is 6.26 Å². The number of oxazole rings is 1. The van der Waals surface area contributed by atoms with Gasteiger partial charge >= 0.3 is 0 Å². The van der Waals surface area contributed by atoms with Crippen LogP contribution in [0.15, 0.2) is 59.0 Å². The van der Waals surface area contributed by atoms with Crippen LogP contribution in [-0.4, -0.2) is 4.98 Å². The molecule has 1 radical (unpaired) electrons. The van der Waals surface area contributed by atoms with E-state index in [0.29, 0.717) is 12.5 Å². The summed E-state index contributed by atoms with van der Waals surface area (Å²) in [5.41, 5.74) is 2.82. The number of aryl methyl sites for hydroxylation is 1. The Bertz CT molecular complexity index is 672. The van der Waals surface area contributed by atoms with E-state index in [9.17, 15) is 0 Å². The molecule has 0 fully saturated rings. The first-order valence-corrected chi connectivity index (χ1v) is 6.43. The van der Waals surface area contributed by atoms with E-state index < -0.39 is 0 Å². The second-order valence-electron chi connectivity index (χ2n) is 4.51. The Morgan fingerprint density at radius 1 is 1.05 bits per heavy atom. The Balaban J connectivity index is 1.67. The lowest BCUT2D eigenvalue weighted by Crippen LogP contribution is -1.94. The SMILES string of the molecule is Cc1[c]oc(-c2ccc(OCc3ccccc3)cc2)n1. The molecule has 0 saturated heterocycles. The molecule has 0 aliphatic rings. The molecule has 0 atom stereocenters. The zero-order valence-electron chi connectivity index (χ0n) is 11.2. The first kappa shape index (κ1) is 12.5. The topological polar surface area (TPSA) is 35.3 Å². The van der Waals surface area contributed by atoms with E-state index in [1.54, 1.807) is 0 Å². The van der Waals surface area contributed by atoms with Gasteiger partial charge in [-0.2, -0.15) is 0 Å². The molecule has 3 rings (SSSR count). The molecule has 0 unspecified atom stereocenters. The fourth-order valence-corrected chi connectivity index (χ4v) is 1.88. The van der Waals surface area contributed by atoms with E-state index in [2.05, 4.69) is 11.2 Å². The van der Waals surface area contributed by atoms with E-state index in [0.717, 1.165) is 22.6 Å². The van der Waals surface area contributed by atoms with Crippen molar-refractivity contribution in [3.63, 3.8) is 0 Å². The molecule has 99 valence electrons. The molecule has 2 aromatic carbocycles. The van der Waals surface area contributed by atoms with Crippen molar-refractivity contribution in [3.05, 3.63) is 72.1 Å². The van der Waals surface area contributed by atoms with Gasteiger partial charge in [0.25, 0.3) is 0 Å². The highest BCUT2D eigenvalue weighted by atomic mass is 16.5. The summed E-state index contributed by atoms with van der Waals surface area (Å²) in [4.78, 5) is 4.24. The average molecular weight is 264 g/mol. The van der Waals surface area contributed by atoms with Crippen LogP contribution in [0.5, 0.6) is 5.75 Å². The molecule has 0 aliphatic carbocycles. The van der Waals surface area contributed by atoms with Crippen LogP contribution in [0, 0.1) is 13.2 Å². The van der Waals surface area contributed by atoms with Crippen molar-refractivity contribution in [2.75, 3.05) is 0 Å². The summed E-state index contributed by atoms with van der Waals surface area (Å²) in [5, 5.41) is 0. The average Bonchev–Trinajstić information content (AvgIpc) is 2.93. The highest BCUT2D eigenvalue weighted by Gasteiger charge is 2.05. The molecule has 0 aliphatic heterocycles. The van der Waals surface area contributed by atoms with E-state index in [1.165, 1.54) is 0 Å². The number of nitrogens with zero attached hydrogens (tertiary/aromatic N) is 1. The third-order valence-electron chi connectivity index (χ3n) is 2.91. The first-order valence-electron chi connectivity index (χ1n) is 6.43. The summed E-state index contributed by atoms with van der Waals surface area (Å²) >= 11 is 0. The van der Waals surface area contributed by atoms with Gasteiger partial charge in [0, 0.05) is 5.56 Å². The molecule has 1 heterocycles. The normalized spacial score (nSPS) is 10.4. The molecule has 0 amide bonds. The number of rotatable bonds is 4. The van der Waals surface area contributed by atoms with E-state index >= 15 is 0 Å². The van der Waals surface area contributed by atoms with Crippen molar-refractivity contribution in [3.8, 4) is 17.2 Å². The third kappa shape index (κ3) is 2.88. The standard InChI is InChI=1S/C17H14NO2/c1-13-11-20-17(18-13)15-7-9-16(10-8-15)19-12-14-5-3-2-4-6-14/h2-10H,12H2,1H3. The molecule has 0 spiro atoms. The summed E-state index contributed by atoms with van der Waals surface area (Å²) in [7, 11) is 0. The predicted molar refractivity (Wildman–Crippen MR) is 76.3 cm³/mol. The Labute approximate surface area is 117 Å². The summed E-state index contributed by atoms with van der Waals surface area (Å²) in [6.07, 6.45) is 2.71. The Morgan fingerprint density at radius 2 is 1.80 bits per heavy atom. The minimum absolute atomic E-state index is 0.562. The summed E-state index contributed by atoms with van der Waals surface area (Å²) in [6, 6.07) is 17.8. The van der Waals surface area contributed by atoms with Crippen LogP contribution in [-0.2, 0) is 6.61 Å². The lowest BCUT2D eigenvalue weighted by atomic mass is 10.2. The van der Waals surface area contributed by atoms with Gasteiger partial charge in [0.2, 0.25) is 5.89 Å². The second-order valence-corrected chi connectivity index (χ2v) is 4.51. The van der Waals surface area contributed by atoms with Gasteiger partial charge in [0.1, 0.15) is 12.4 Å². The summed E-state index contributed by atoms with van der Waals surface area (Å²) < 4.78 is 11.0. The minimum atomic E-state index is 0.562. The van der Waals surface area contributed by atoms with E-state index in [-0.39, 0.29) is 0 Å². The lowest BCUT2D eigenvalue weighted by molar-refractivity contribution is 0.306. The molecule has 3 heteroatoms. The second kappa shape index (κ2) is 5.61. The maximum Gasteiger partial charge on any atom is 0.227 e. The smallest absolute Gasteiger partial charge is 0.227 e. The monoisotopic (exact) mass is 264 g/mol. The molecular formula is C17H14NO2. The number of ether oxygens (including phenoxy) is 1. The van der Waals surface area contributed by atoms with Gasteiger partial charge in [-0.25, -0.2) is 4.98 Å². The number of aromatic nitrogens is 1. The molecular weight excluding hydrogens is 250 g/mol. The zero-order chi connectivity index (χ0) is 13.8. The van der Waals surface area contributed by atoms with Crippen molar-refractivity contribution in [2.45, 2.75) is 13.5 Å². The Hall–Kier alpha value is -2.55. The van der Waals surface area contributed by atoms with Crippen LogP contribution < -0.4 is 4.74 Å². The third-order valence-corrected chi connectivity index (χ3v) is 2.91. The minimum Gasteiger partial charge on any atom is -0.489 e. The Kier molecular flexibility index (Phi) is 3.50. The number of hydrogen-bond acceptors (Lipinski definition) is 3. The van der Waals surface area contributed by atoms with Crippen LogP contribution >= 0.6 is 0 Å². The summed E-state index contributed by atoms with van der Waals surface area (Å²) in [6.45, 7) is 2.41. The highest BCUT2D eigenvalue weighted by molar-refractivity contribution is 5.54. The molecule has 3 aromatic rings. The van der Waals surface area contributed by atoms with Crippen LogP contribution in [0.25, 0.3) is 11.5 Å². The van der Waals surface area contributed by atoms with Crippen LogP contribution in [0.2, 0.25) is 0 Å². The van der Waals surface area contributed by atoms with Gasteiger partial charge in [-0.1, -0.05) is 30.3 Å². The zero-order valence-corrected chi connectivity index (χ0v) is 11.2. The van der Waals surface area contributed by atoms with Crippen LogP contribution in [0.3, 0.4) is 0 Å². The molecule has 1 aromatic heterocycles. The van der Waals surface area contributed by atoms with Crippen molar-refractivity contribution in [1.82, 2.24) is 4.98 Å². The van der Waals surface area contributed by atoms with Gasteiger partial charge in [-0.15, -0.1) is 0 Å². The van der Waals surface area contributed by atoms with Gasteiger partial charge in [-0.05, 0) is 36.8 Å². The molecule has 0 bridgehead atoms. The van der Waals surface area contributed by atoms with E-state index in [4.69, 9.17) is 9.15 Å². The van der Waals surface area contributed by atoms with Crippen molar-refractivity contribution < 1.29 is 9.15 Å². The van der Waals surface area contributed by atoms with Crippen molar-refractivity contribution in [2.24, 2.45) is 0 Å². The molecule has 0 saturated carbocycles. The highest BCUT2D eigenvalue weighted by Crippen LogP contribution is 2.22. The van der Waals surface area contributed by atoms with Crippen molar-refractivity contribution in [1.29, 1.82) is 0 Å². The van der Waals surface area contributed by atoms with E-state index in [1.807, 2.05) is 61.5 Å². The maximum atomic E-state index is 5.73. The molecule has 0 N–H and O–H groups in total. The van der Waals surface area contributed by atoms with Crippen LogP contribution in [0.1, 0.15) is 11.3 Å². The first-order chi connectivity index (χ1) is 9.81. The van der Waals surface area contributed by atoms with Gasteiger partial charge in [-0.3, -0.25) is 0 Å². The lowest BCUT2D eigenvalue weighted by Gasteiger charge is -2.06. The summed E-state index contributed by atoms with van der Waals surface area (Å²) in [5.74, 6) is 1.40. The number of benzene rings is 2. The Morgan fingerprint density at radius 3 is 2.45 bits per heavy atom. The quantitative estimate of drug-likeness (QED) is 0.713. The fraction of sp³-hybridized carbons (Fsp3) is 0.118.